The number of pyridine rings is 2. The minimum Gasteiger partial charge on any atom is -0.385 e. The number of aromatic nitrogens is 2. The van der Waals surface area contributed by atoms with Crippen LogP contribution < -0.4 is 21.5 Å². The number of aryl methyl sites for hydroxylation is 1. The molecule has 0 aliphatic heterocycles. The maximum atomic E-state index is 14.7. The molecule has 0 saturated carbocycles. The predicted octanol–water partition coefficient (Wildman–Crippen LogP) is 5.97. The van der Waals surface area contributed by atoms with Crippen molar-refractivity contribution in [2.75, 3.05) is 36.2 Å². The molecule has 2 heterocycles. The van der Waals surface area contributed by atoms with E-state index in [1.165, 1.54) is 6.07 Å². The fraction of sp³-hybridized carbons (Fsp3) is 0.222. The van der Waals surface area contributed by atoms with E-state index < -0.39 is 11.8 Å². The number of para-hydroxylation sites is 1. The van der Waals surface area contributed by atoms with Crippen LogP contribution in [0.4, 0.5) is 26.4 Å². The molecule has 0 aliphatic carbocycles. The van der Waals surface area contributed by atoms with Gasteiger partial charge in [-0.05, 0) is 43.7 Å². The highest BCUT2D eigenvalue weighted by Gasteiger charge is 2.18. The summed E-state index contributed by atoms with van der Waals surface area (Å²) in [6.07, 6.45) is 2.49. The SMILES string of the molecule is CCn1c(=O)c(-c2cc(NC(=O)Nc3ccccc3)c(F)cc2Cl)cc2cnc(NCCCOC)cc21. The number of methoxy groups -OCH3 is 1. The zero-order valence-electron chi connectivity index (χ0n) is 20.5. The van der Waals surface area contributed by atoms with Crippen molar-refractivity contribution in [2.45, 2.75) is 19.9 Å². The number of anilines is 3. The van der Waals surface area contributed by atoms with Crippen LogP contribution in [0.2, 0.25) is 5.02 Å². The molecular formula is C27H27ClFN5O3. The summed E-state index contributed by atoms with van der Waals surface area (Å²) in [5.74, 6) is -0.0758. The van der Waals surface area contributed by atoms with Gasteiger partial charge in [-0.25, -0.2) is 14.2 Å². The van der Waals surface area contributed by atoms with Gasteiger partial charge in [-0.3, -0.25) is 4.79 Å². The quantitative estimate of drug-likeness (QED) is 0.235. The van der Waals surface area contributed by atoms with Crippen LogP contribution in [0.5, 0.6) is 0 Å². The number of benzene rings is 2. The number of ether oxygens (including phenoxy) is 1. The molecule has 0 aliphatic rings. The molecule has 4 aromatic rings. The predicted molar refractivity (Wildman–Crippen MR) is 146 cm³/mol. The van der Waals surface area contributed by atoms with E-state index in [0.29, 0.717) is 42.3 Å². The van der Waals surface area contributed by atoms with Gasteiger partial charge in [-0.2, -0.15) is 0 Å². The fourth-order valence-electron chi connectivity index (χ4n) is 3.97. The van der Waals surface area contributed by atoms with Crippen LogP contribution in [-0.2, 0) is 11.3 Å². The van der Waals surface area contributed by atoms with Gasteiger partial charge < -0.3 is 25.3 Å². The fourth-order valence-corrected chi connectivity index (χ4v) is 4.22. The summed E-state index contributed by atoms with van der Waals surface area (Å²) in [5, 5.41) is 9.13. The Morgan fingerprint density at radius 1 is 1.11 bits per heavy atom. The molecule has 2 aromatic heterocycles. The summed E-state index contributed by atoms with van der Waals surface area (Å²) in [4.78, 5) is 30.4. The molecule has 2 amide bonds. The zero-order chi connectivity index (χ0) is 26.4. The van der Waals surface area contributed by atoms with Crippen LogP contribution >= 0.6 is 11.6 Å². The average Bonchev–Trinajstić information content (AvgIpc) is 2.88. The normalized spacial score (nSPS) is 10.9. The van der Waals surface area contributed by atoms with E-state index in [9.17, 15) is 14.0 Å². The Labute approximate surface area is 218 Å². The molecule has 2 aromatic carbocycles. The first-order valence-corrected chi connectivity index (χ1v) is 12.2. The Balaban J connectivity index is 1.68. The van der Waals surface area contributed by atoms with E-state index in [4.69, 9.17) is 16.3 Å². The molecule has 0 spiro atoms. The number of carbonyl (C=O) groups excluding carboxylic acids is 1. The minimum absolute atomic E-state index is 0.0509. The molecule has 37 heavy (non-hydrogen) atoms. The lowest BCUT2D eigenvalue weighted by Gasteiger charge is -2.15. The smallest absolute Gasteiger partial charge is 0.323 e. The van der Waals surface area contributed by atoms with Crippen molar-refractivity contribution in [3.05, 3.63) is 82.0 Å². The van der Waals surface area contributed by atoms with E-state index in [1.807, 2.05) is 19.1 Å². The molecular weight excluding hydrogens is 497 g/mol. The number of hydrogen-bond donors (Lipinski definition) is 3. The largest absolute Gasteiger partial charge is 0.385 e. The van der Waals surface area contributed by atoms with Gasteiger partial charge >= 0.3 is 6.03 Å². The van der Waals surface area contributed by atoms with Crippen LogP contribution in [0, 0.1) is 5.82 Å². The van der Waals surface area contributed by atoms with E-state index >= 15 is 0 Å². The van der Waals surface area contributed by atoms with Crippen LogP contribution in [0.1, 0.15) is 13.3 Å². The number of amides is 2. The summed E-state index contributed by atoms with van der Waals surface area (Å²) in [6, 6.07) is 14.1. The number of nitrogens with zero attached hydrogens (tertiary/aromatic N) is 2. The standard InChI is InChI=1S/C27H27ClFN5O3/c1-3-34-24-15-25(30-10-7-11-37-2)31-16-17(24)12-20(26(34)35)19-13-23(22(29)14-21(19)28)33-27(36)32-18-8-5-4-6-9-18/h4-6,8-9,12-16H,3,7,10-11H2,1-2H3,(H,30,31)(H2,32,33,36). The second kappa shape index (κ2) is 11.9. The number of nitrogens with one attached hydrogen (secondary N) is 3. The van der Waals surface area contributed by atoms with Gasteiger partial charge in [-0.1, -0.05) is 29.8 Å². The maximum absolute atomic E-state index is 14.7. The van der Waals surface area contributed by atoms with Gasteiger partial charge in [-0.15, -0.1) is 0 Å². The topological polar surface area (TPSA) is 97.3 Å². The van der Waals surface area contributed by atoms with Crippen LogP contribution in [0.15, 0.2) is 65.6 Å². The Morgan fingerprint density at radius 3 is 2.62 bits per heavy atom. The number of fused-ring (bicyclic) bond motifs is 1. The van der Waals surface area contributed by atoms with E-state index in [1.54, 1.807) is 48.2 Å². The van der Waals surface area contributed by atoms with E-state index in [-0.39, 0.29) is 21.8 Å². The lowest BCUT2D eigenvalue weighted by atomic mass is 10.0. The van der Waals surface area contributed by atoms with Crippen LogP contribution in [0.25, 0.3) is 22.0 Å². The molecule has 0 saturated heterocycles. The van der Waals surface area contributed by atoms with Gasteiger partial charge in [0.25, 0.3) is 5.56 Å². The van der Waals surface area contributed by atoms with Crippen molar-refractivity contribution < 1.29 is 13.9 Å². The number of urea groups is 1. The van der Waals surface area contributed by atoms with Gasteiger partial charge in [0.2, 0.25) is 0 Å². The third kappa shape index (κ3) is 6.07. The third-order valence-corrected chi connectivity index (χ3v) is 6.07. The zero-order valence-corrected chi connectivity index (χ0v) is 21.2. The van der Waals surface area contributed by atoms with Crippen molar-refractivity contribution in [3.8, 4) is 11.1 Å². The summed E-state index contributed by atoms with van der Waals surface area (Å²) in [6.45, 7) is 3.58. The molecule has 10 heteroatoms. The molecule has 192 valence electrons. The molecule has 3 N–H and O–H groups in total. The Bertz CT molecular complexity index is 1480. The molecule has 4 rings (SSSR count). The molecule has 8 nitrogen and oxygen atoms in total. The second-order valence-corrected chi connectivity index (χ2v) is 8.67. The van der Waals surface area contributed by atoms with Crippen LogP contribution in [0.3, 0.4) is 0 Å². The van der Waals surface area contributed by atoms with Crippen molar-refractivity contribution in [2.24, 2.45) is 0 Å². The summed E-state index contributed by atoms with van der Waals surface area (Å²) in [5.41, 5.74) is 1.43. The first-order chi connectivity index (χ1) is 17.9. The summed E-state index contributed by atoms with van der Waals surface area (Å²) < 4.78 is 21.4. The number of rotatable bonds is 9. The van der Waals surface area contributed by atoms with Gasteiger partial charge in [0.1, 0.15) is 11.6 Å². The first-order valence-electron chi connectivity index (χ1n) is 11.8. The molecule has 0 radical (unpaired) electrons. The first kappa shape index (κ1) is 26.1. The van der Waals surface area contributed by atoms with Crippen molar-refractivity contribution in [1.29, 1.82) is 0 Å². The Kier molecular flexibility index (Phi) is 8.37. The molecule has 0 unspecified atom stereocenters. The highest BCUT2D eigenvalue weighted by Crippen LogP contribution is 2.32. The van der Waals surface area contributed by atoms with Crippen molar-refractivity contribution in [3.63, 3.8) is 0 Å². The number of carbonyl (C=O) groups is 1. The molecule has 0 atom stereocenters. The van der Waals surface area contributed by atoms with E-state index in [2.05, 4.69) is 20.9 Å². The highest BCUT2D eigenvalue weighted by molar-refractivity contribution is 6.33. The molecule has 0 fully saturated rings. The van der Waals surface area contributed by atoms with Crippen LogP contribution in [-0.4, -0.2) is 35.8 Å². The number of hydrogen-bond acceptors (Lipinski definition) is 5. The lowest BCUT2D eigenvalue weighted by molar-refractivity contribution is 0.198. The number of halogens is 2. The van der Waals surface area contributed by atoms with Gasteiger partial charge in [0, 0.05) is 61.3 Å². The van der Waals surface area contributed by atoms with Gasteiger partial charge in [0.15, 0.2) is 0 Å². The second-order valence-electron chi connectivity index (χ2n) is 8.27. The van der Waals surface area contributed by atoms with Gasteiger partial charge in [0.05, 0.1) is 16.2 Å². The van der Waals surface area contributed by atoms with Crippen molar-refractivity contribution in [1.82, 2.24) is 9.55 Å². The van der Waals surface area contributed by atoms with E-state index in [0.717, 1.165) is 17.9 Å². The lowest BCUT2D eigenvalue weighted by Crippen LogP contribution is -2.22. The monoisotopic (exact) mass is 523 g/mol. The highest BCUT2D eigenvalue weighted by atomic mass is 35.5. The minimum atomic E-state index is -0.723. The summed E-state index contributed by atoms with van der Waals surface area (Å²) in [7, 11) is 1.65. The summed E-state index contributed by atoms with van der Waals surface area (Å²) >= 11 is 6.38. The Morgan fingerprint density at radius 2 is 1.89 bits per heavy atom. The third-order valence-electron chi connectivity index (χ3n) is 5.75. The van der Waals surface area contributed by atoms with Crippen molar-refractivity contribution >= 4 is 45.7 Å². The Hall–Kier alpha value is -3.95. The average molecular weight is 524 g/mol. The molecule has 0 bridgehead atoms. The maximum Gasteiger partial charge on any atom is 0.323 e.